The minimum atomic E-state index is -2.23. The second kappa shape index (κ2) is 5.64. The van der Waals surface area contributed by atoms with E-state index >= 15 is 0 Å². The van der Waals surface area contributed by atoms with Gasteiger partial charge < -0.3 is 38.6 Å². The highest BCUT2D eigenvalue weighted by molar-refractivity contribution is 5.95. The van der Waals surface area contributed by atoms with Crippen LogP contribution in [0.15, 0.2) is 12.2 Å². The van der Waals surface area contributed by atoms with Crippen LogP contribution >= 0.6 is 0 Å². The maximum absolute atomic E-state index is 13.5. The Bertz CT molecular complexity index is 1120. The minimum Gasteiger partial charge on any atom is -0.466 e. The fourth-order valence-corrected chi connectivity index (χ4v) is 8.61. The molecule has 7 rings (SSSR count). The summed E-state index contributed by atoms with van der Waals surface area (Å²) in [6, 6.07) is 0. The van der Waals surface area contributed by atoms with E-state index in [4.69, 9.17) is 23.7 Å². The molecular weight excluding hydrogens is 456 g/mol. The molecule has 0 bridgehead atoms. The van der Waals surface area contributed by atoms with Crippen molar-refractivity contribution in [3.8, 4) is 0 Å². The van der Waals surface area contributed by atoms with E-state index in [1.54, 1.807) is 0 Å². The first-order chi connectivity index (χ1) is 16.1. The summed E-state index contributed by atoms with van der Waals surface area (Å²) in [5, 5.41) is 23.7. The molecule has 182 valence electrons. The molecule has 3 saturated carbocycles. The predicted molar refractivity (Wildman–Crippen MR) is 101 cm³/mol. The van der Waals surface area contributed by atoms with Crippen LogP contribution in [0, 0.1) is 22.7 Å². The molecule has 7 aliphatic rings. The van der Waals surface area contributed by atoms with Crippen molar-refractivity contribution in [2.24, 2.45) is 22.7 Å². The van der Waals surface area contributed by atoms with Gasteiger partial charge in [-0.1, -0.05) is 6.08 Å². The summed E-state index contributed by atoms with van der Waals surface area (Å²) in [6.07, 6.45) is -1.91. The Labute approximate surface area is 192 Å². The fourth-order valence-electron chi connectivity index (χ4n) is 8.61. The first-order valence-corrected chi connectivity index (χ1v) is 11.2. The van der Waals surface area contributed by atoms with Gasteiger partial charge in [0.15, 0.2) is 17.8 Å². The predicted octanol–water partition coefficient (Wildman–Crippen LogP) is -1.89. The zero-order valence-electron chi connectivity index (χ0n) is 18.2. The number of aliphatic hydroxyl groups excluding tert-OH is 1. The lowest BCUT2D eigenvalue weighted by atomic mass is 9.53. The van der Waals surface area contributed by atoms with Crippen molar-refractivity contribution >= 4 is 23.9 Å². The van der Waals surface area contributed by atoms with E-state index in [-0.39, 0.29) is 6.61 Å². The van der Waals surface area contributed by atoms with E-state index in [9.17, 15) is 29.4 Å². The topological polar surface area (TPSA) is 164 Å². The molecule has 0 aromatic rings. The quantitative estimate of drug-likeness (QED) is 0.263. The Morgan fingerprint density at radius 3 is 2.68 bits per heavy atom. The van der Waals surface area contributed by atoms with E-state index in [2.05, 4.69) is 4.74 Å². The number of aliphatic hydroxyl groups is 2. The van der Waals surface area contributed by atoms with Crippen molar-refractivity contribution in [2.45, 2.75) is 61.2 Å². The summed E-state index contributed by atoms with van der Waals surface area (Å²) in [6.45, 7) is 1.23. The molecule has 34 heavy (non-hydrogen) atoms. The second-order valence-electron chi connectivity index (χ2n) is 10.1. The summed E-state index contributed by atoms with van der Waals surface area (Å²) in [7, 11) is 1.22. The van der Waals surface area contributed by atoms with Crippen LogP contribution in [-0.4, -0.2) is 89.2 Å². The Balaban J connectivity index is 1.39. The van der Waals surface area contributed by atoms with Crippen LogP contribution in [0.3, 0.4) is 0 Å². The Kier molecular flexibility index (Phi) is 3.45. The highest BCUT2D eigenvalue weighted by Gasteiger charge is 3.13. The van der Waals surface area contributed by atoms with Gasteiger partial charge in [-0.3, -0.25) is 4.79 Å². The van der Waals surface area contributed by atoms with Gasteiger partial charge in [0, 0.05) is 12.0 Å². The summed E-state index contributed by atoms with van der Waals surface area (Å²) in [4.78, 5) is 50.3. The van der Waals surface area contributed by atoms with Crippen LogP contribution in [0.2, 0.25) is 0 Å². The van der Waals surface area contributed by atoms with E-state index in [0.29, 0.717) is 12.8 Å². The van der Waals surface area contributed by atoms with Gasteiger partial charge in [-0.05, 0) is 19.8 Å². The molecule has 12 heteroatoms. The van der Waals surface area contributed by atoms with Gasteiger partial charge in [0.25, 0.3) is 0 Å². The first kappa shape index (κ1) is 20.8. The van der Waals surface area contributed by atoms with Gasteiger partial charge in [0.05, 0.1) is 30.5 Å². The van der Waals surface area contributed by atoms with Gasteiger partial charge in [-0.25, -0.2) is 14.4 Å². The second-order valence-corrected chi connectivity index (χ2v) is 10.1. The molecule has 0 radical (unpaired) electrons. The number of rotatable bonds is 4. The third-order valence-corrected chi connectivity index (χ3v) is 9.54. The molecular formula is C22H22O12. The molecule has 5 unspecified atom stereocenters. The van der Waals surface area contributed by atoms with Crippen molar-refractivity contribution in [2.75, 3.05) is 13.7 Å². The number of esters is 4. The van der Waals surface area contributed by atoms with Gasteiger partial charge in [-0.15, -0.1) is 0 Å². The normalized spacial score (nSPS) is 57.0. The lowest BCUT2D eigenvalue weighted by molar-refractivity contribution is -0.268. The van der Waals surface area contributed by atoms with Crippen LogP contribution in [0.1, 0.15) is 19.8 Å². The number of ether oxygens (including phenoxy) is 6. The smallest absolute Gasteiger partial charge is 0.343 e. The molecule has 3 aliphatic carbocycles. The molecule has 4 aliphatic heterocycles. The van der Waals surface area contributed by atoms with Gasteiger partial charge in [-0.2, -0.15) is 0 Å². The Morgan fingerprint density at radius 2 is 1.94 bits per heavy atom. The monoisotopic (exact) mass is 478 g/mol. The van der Waals surface area contributed by atoms with E-state index in [0.717, 1.165) is 6.08 Å². The molecule has 2 spiro atoms. The summed E-state index contributed by atoms with van der Waals surface area (Å²) in [5.74, 6) is -6.28. The van der Waals surface area contributed by atoms with Crippen molar-refractivity contribution in [1.29, 1.82) is 0 Å². The highest BCUT2D eigenvalue weighted by Crippen LogP contribution is 2.94. The Morgan fingerprint density at radius 1 is 1.18 bits per heavy atom. The molecule has 12 nitrogen and oxygen atoms in total. The maximum atomic E-state index is 13.5. The Hall–Kier alpha value is -2.54. The lowest BCUT2D eigenvalue weighted by Gasteiger charge is -2.48. The highest BCUT2D eigenvalue weighted by atomic mass is 16.8. The van der Waals surface area contributed by atoms with Gasteiger partial charge in [0.2, 0.25) is 11.4 Å². The van der Waals surface area contributed by atoms with Crippen LogP contribution in [0.5, 0.6) is 0 Å². The van der Waals surface area contributed by atoms with Crippen molar-refractivity contribution in [3.05, 3.63) is 12.2 Å². The molecule has 7 fully saturated rings. The first-order valence-electron chi connectivity index (χ1n) is 11.2. The van der Waals surface area contributed by atoms with E-state index in [1.807, 2.05) is 0 Å². The fraction of sp³-hybridized carbons (Fsp3) is 0.727. The van der Waals surface area contributed by atoms with Gasteiger partial charge in [0.1, 0.15) is 12.2 Å². The third-order valence-electron chi connectivity index (χ3n) is 9.54. The summed E-state index contributed by atoms with van der Waals surface area (Å²) in [5.41, 5.74) is -7.40. The van der Waals surface area contributed by atoms with Crippen molar-refractivity contribution < 1.29 is 57.8 Å². The average Bonchev–Trinajstić information content (AvgIpc) is 3.07. The minimum absolute atomic E-state index is 0.169. The molecule has 2 N–H and O–H groups in total. The standard InChI is InChI=1S/C22H22O12/c1-8-15(25)32-13-12(24)19-10-6-5-9-18(19)14(30-7-3-4-11(23)29-2)16(26)33-22(9,18)34-21(19,17(27)31-10)20(8,13)28/h3-4,8-10,12-14,24,28H,5-7H2,1-2H3/b4-3+/t8?,9?,10?,12-,13-,14-,18?,19-,20+,21?,22-/m0/s1. The van der Waals surface area contributed by atoms with Crippen LogP contribution in [0.4, 0.5) is 0 Å². The average molecular weight is 478 g/mol. The van der Waals surface area contributed by atoms with Crippen LogP contribution in [0.25, 0.3) is 0 Å². The number of hydrogen-bond acceptors (Lipinski definition) is 12. The van der Waals surface area contributed by atoms with Gasteiger partial charge >= 0.3 is 23.9 Å². The SMILES string of the molecule is COC(=O)/C=C/CO[C@H]1C(=O)O[C@]23OC45C(=O)OC6CCC2C13[C@@]64[C@@H](O)[C@@H]1OC(=O)C(C)[C@@]15O. The zero-order chi connectivity index (χ0) is 24.1. The van der Waals surface area contributed by atoms with E-state index < -0.39 is 87.9 Å². The number of hydrogen-bond donors (Lipinski definition) is 2. The summed E-state index contributed by atoms with van der Waals surface area (Å²) < 4.78 is 33.6. The molecule has 0 amide bonds. The number of methoxy groups -OCH3 is 1. The van der Waals surface area contributed by atoms with E-state index in [1.165, 1.54) is 20.1 Å². The van der Waals surface area contributed by atoms with Crippen LogP contribution in [-0.2, 0) is 47.6 Å². The van der Waals surface area contributed by atoms with Crippen LogP contribution < -0.4 is 0 Å². The third kappa shape index (κ3) is 1.54. The maximum Gasteiger partial charge on any atom is 0.343 e. The number of carbonyl (C=O) groups excluding carboxylic acids is 4. The van der Waals surface area contributed by atoms with Crippen molar-refractivity contribution in [3.63, 3.8) is 0 Å². The number of carbonyl (C=O) groups is 4. The van der Waals surface area contributed by atoms with Crippen molar-refractivity contribution in [1.82, 2.24) is 0 Å². The molecule has 4 heterocycles. The summed E-state index contributed by atoms with van der Waals surface area (Å²) >= 11 is 0. The largest absolute Gasteiger partial charge is 0.466 e. The zero-order valence-corrected chi connectivity index (χ0v) is 18.2. The number of fused-ring (bicyclic) bond motifs is 1. The molecule has 11 atom stereocenters. The lowest BCUT2D eigenvalue weighted by Crippen LogP contribution is -2.69. The molecule has 0 aromatic heterocycles. The molecule has 0 aromatic carbocycles. The molecule has 4 saturated heterocycles.